The second-order valence-electron chi connectivity index (χ2n) is 4.95. The van der Waals surface area contributed by atoms with Crippen molar-refractivity contribution in [2.45, 2.75) is 26.3 Å². The molecule has 0 saturated heterocycles. The summed E-state index contributed by atoms with van der Waals surface area (Å²) < 4.78 is 1.95. The maximum absolute atomic E-state index is 6.02. The third-order valence-electron chi connectivity index (χ3n) is 3.47. The maximum Gasteiger partial charge on any atom is 0.0596 e. The second kappa shape index (κ2) is 5.76. The highest BCUT2D eigenvalue weighted by molar-refractivity contribution is 6.30. The van der Waals surface area contributed by atoms with Gasteiger partial charge in [0.05, 0.1) is 5.69 Å². The molecule has 0 aliphatic rings. The Bertz CT molecular complexity index is 575. The first-order valence-electron chi connectivity index (χ1n) is 6.44. The zero-order valence-electron chi connectivity index (χ0n) is 11.9. The Hall–Kier alpha value is -1.32. The van der Waals surface area contributed by atoms with Crippen LogP contribution in [0, 0.1) is 13.8 Å². The van der Waals surface area contributed by atoms with Gasteiger partial charge in [-0.05, 0) is 50.2 Å². The van der Waals surface area contributed by atoms with Crippen LogP contribution < -0.4 is 5.32 Å². The first-order chi connectivity index (χ1) is 9.01. The number of hydrogen-bond donors (Lipinski definition) is 1. The molecule has 1 aromatic carbocycles. The van der Waals surface area contributed by atoms with Crippen LogP contribution in [0.5, 0.6) is 0 Å². The van der Waals surface area contributed by atoms with Crippen molar-refractivity contribution < 1.29 is 0 Å². The van der Waals surface area contributed by atoms with Gasteiger partial charge in [0.2, 0.25) is 0 Å². The molecule has 2 aromatic rings. The largest absolute Gasteiger partial charge is 0.313 e. The standard InChI is InChI=1S/C15H20ClN3/c1-10-7-12(16)5-6-14(10)15(17-3)9-13-8-11(2)18-19(13)4/h5-8,15,17H,9H2,1-4H3. The molecule has 1 heterocycles. The number of rotatable bonds is 4. The number of likely N-dealkylation sites (N-methyl/N-ethyl adjacent to an activating group) is 1. The van der Waals surface area contributed by atoms with E-state index in [1.807, 2.05) is 37.8 Å². The van der Waals surface area contributed by atoms with E-state index in [1.54, 1.807) is 0 Å². The summed E-state index contributed by atoms with van der Waals surface area (Å²) in [5.41, 5.74) is 4.78. The van der Waals surface area contributed by atoms with E-state index in [4.69, 9.17) is 11.6 Å². The normalized spacial score (nSPS) is 12.7. The summed E-state index contributed by atoms with van der Waals surface area (Å²) in [6.45, 7) is 4.12. The van der Waals surface area contributed by atoms with Gasteiger partial charge in [0.15, 0.2) is 0 Å². The molecule has 1 unspecified atom stereocenters. The molecule has 1 atom stereocenters. The molecule has 0 radical (unpaired) electrons. The van der Waals surface area contributed by atoms with Gasteiger partial charge in [-0.25, -0.2) is 0 Å². The van der Waals surface area contributed by atoms with Gasteiger partial charge in [-0.1, -0.05) is 17.7 Å². The predicted molar refractivity (Wildman–Crippen MR) is 79.6 cm³/mol. The fourth-order valence-electron chi connectivity index (χ4n) is 2.46. The smallest absolute Gasteiger partial charge is 0.0596 e. The van der Waals surface area contributed by atoms with Crippen molar-refractivity contribution in [2.24, 2.45) is 7.05 Å². The molecule has 0 fully saturated rings. The molecule has 0 bridgehead atoms. The Morgan fingerprint density at radius 3 is 2.58 bits per heavy atom. The summed E-state index contributed by atoms with van der Waals surface area (Å²) in [5, 5.41) is 8.56. The number of benzene rings is 1. The van der Waals surface area contributed by atoms with E-state index < -0.39 is 0 Å². The highest BCUT2D eigenvalue weighted by Crippen LogP contribution is 2.24. The molecule has 0 spiro atoms. The third-order valence-corrected chi connectivity index (χ3v) is 3.70. The summed E-state index contributed by atoms with van der Waals surface area (Å²) in [4.78, 5) is 0. The highest BCUT2D eigenvalue weighted by atomic mass is 35.5. The summed E-state index contributed by atoms with van der Waals surface area (Å²) in [6, 6.07) is 8.46. The quantitative estimate of drug-likeness (QED) is 0.930. The number of aryl methyl sites for hydroxylation is 3. The summed E-state index contributed by atoms with van der Waals surface area (Å²) in [7, 11) is 3.98. The molecule has 0 aliphatic heterocycles. The van der Waals surface area contributed by atoms with Crippen molar-refractivity contribution in [1.29, 1.82) is 0 Å². The van der Waals surface area contributed by atoms with Crippen molar-refractivity contribution in [3.8, 4) is 0 Å². The SMILES string of the molecule is CNC(Cc1cc(C)nn1C)c1ccc(Cl)cc1C. The Balaban J connectivity index is 2.27. The van der Waals surface area contributed by atoms with Crippen LogP contribution in [0.3, 0.4) is 0 Å². The number of nitrogens with zero attached hydrogens (tertiary/aromatic N) is 2. The Morgan fingerprint density at radius 1 is 1.32 bits per heavy atom. The van der Waals surface area contributed by atoms with Crippen molar-refractivity contribution in [1.82, 2.24) is 15.1 Å². The van der Waals surface area contributed by atoms with E-state index >= 15 is 0 Å². The van der Waals surface area contributed by atoms with E-state index in [1.165, 1.54) is 16.8 Å². The molecule has 1 N–H and O–H groups in total. The van der Waals surface area contributed by atoms with Gasteiger partial charge in [0.1, 0.15) is 0 Å². The molecule has 19 heavy (non-hydrogen) atoms. The van der Waals surface area contributed by atoms with Crippen molar-refractivity contribution in [3.63, 3.8) is 0 Å². The first-order valence-corrected chi connectivity index (χ1v) is 6.82. The minimum Gasteiger partial charge on any atom is -0.313 e. The lowest BCUT2D eigenvalue weighted by molar-refractivity contribution is 0.559. The van der Waals surface area contributed by atoms with Crippen LogP contribution in [-0.2, 0) is 13.5 Å². The zero-order chi connectivity index (χ0) is 14.0. The lowest BCUT2D eigenvalue weighted by Gasteiger charge is -2.19. The zero-order valence-corrected chi connectivity index (χ0v) is 12.6. The van der Waals surface area contributed by atoms with Gasteiger partial charge >= 0.3 is 0 Å². The van der Waals surface area contributed by atoms with Crippen LogP contribution in [0.25, 0.3) is 0 Å². The first kappa shape index (κ1) is 14.1. The predicted octanol–water partition coefficient (Wildman–Crippen LogP) is 3.19. The van der Waals surface area contributed by atoms with Gasteiger partial charge in [0, 0.05) is 30.2 Å². The van der Waals surface area contributed by atoms with Crippen LogP contribution in [-0.4, -0.2) is 16.8 Å². The topological polar surface area (TPSA) is 29.9 Å². The van der Waals surface area contributed by atoms with Crippen LogP contribution in [0.1, 0.15) is 28.6 Å². The molecule has 0 aliphatic carbocycles. The van der Waals surface area contributed by atoms with Crippen LogP contribution >= 0.6 is 11.6 Å². The van der Waals surface area contributed by atoms with Crippen molar-refractivity contribution in [3.05, 3.63) is 51.8 Å². The lowest BCUT2D eigenvalue weighted by atomic mass is 9.97. The molecule has 4 heteroatoms. The van der Waals surface area contributed by atoms with E-state index in [2.05, 4.69) is 29.5 Å². The van der Waals surface area contributed by atoms with Gasteiger partial charge in [0.25, 0.3) is 0 Å². The molecular formula is C15H20ClN3. The van der Waals surface area contributed by atoms with Gasteiger partial charge in [-0.15, -0.1) is 0 Å². The van der Waals surface area contributed by atoms with Crippen LogP contribution in [0.4, 0.5) is 0 Å². The molecule has 2 rings (SSSR count). The number of nitrogens with one attached hydrogen (secondary N) is 1. The fourth-order valence-corrected chi connectivity index (χ4v) is 2.69. The van der Waals surface area contributed by atoms with Crippen LogP contribution in [0.15, 0.2) is 24.3 Å². The van der Waals surface area contributed by atoms with Crippen molar-refractivity contribution in [2.75, 3.05) is 7.05 Å². The van der Waals surface area contributed by atoms with Gasteiger partial charge in [-0.2, -0.15) is 5.10 Å². The number of hydrogen-bond acceptors (Lipinski definition) is 2. The molecular weight excluding hydrogens is 258 g/mol. The minimum absolute atomic E-state index is 0.270. The molecule has 3 nitrogen and oxygen atoms in total. The van der Waals surface area contributed by atoms with E-state index in [0.29, 0.717) is 0 Å². The van der Waals surface area contributed by atoms with Crippen LogP contribution in [0.2, 0.25) is 5.02 Å². The Kier molecular flexibility index (Phi) is 4.27. The van der Waals surface area contributed by atoms with E-state index in [0.717, 1.165) is 17.1 Å². The fraction of sp³-hybridized carbons (Fsp3) is 0.400. The maximum atomic E-state index is 6.02. The average molecular weight is 278 g/mol. The summed E-state index contributed by atoms with van der Waals surface area (Å²) >= 11 is 6.02. The Morgan fingerprint density at radius 2 is 2.05 bits per heavy atom. The van der Waals surface area contributed by atoms with E-state index in [9.17, 15) is 0 Å². The lowest BCUT2D eigenvalue weighted by Crippen LogP contribution is -2.21. The minimum atomic E-state index is 0.270. The molecule has 0 amide bonds. The molecule has 102 valence electrons. The van der Waals surface area contributed by atoms with Crippen molar-refractivity contribution >= 4 is 11.6 Å². The van der Waals surface area contributed by atoms with Gasteiger partial charge in [-0.3, -0.25) is 4.68 Å². The third kappa shape index (κ3) is 3.17. The Labute approximate surface area is 119 Å². The summed E-state index contributed by atoms with van der Waals surface area (Å²) in [5.74, 6) is 0. The molecule has 0 saturated carbocycles. The molecule has 1 aromatic heterocycles. The number of halogens is 1. The monoisotopic (exact) mass is 277 g/mol. The average Bonchev–Trinajstić information content (AvgIpc) is 2.65. The van der Waals surface area contributed by atoms with Gasteiger partial charge < -0.3 is 5.32 Å². The van der Waals surface area contributed by atoms with E-state index in [-0.39, 0.29) is 6.04 Å². The second-order valence-corrected chi connectivity index (χ2v) is 5.38. The number of aromatic nitrogens is 2. The highest BCUT2D eigenvalue weighted by Gasteiger charge is 2.15. The summed E-state index contributed by atoms with van der Waals surface area (Å²) in [6.07, 6.45) is 0.913.